The summed E-state index contributed by atoms with van der Waals surface area (Å²) in [4.78, 5) is 15.5. The third-order valence-electron chi connectivity index (χ3n) is 3.84. The molecule has 1 saturated carbocycles. The standard InChI is InChI=1S/C14H14N2O4S/c17-13(18)14(7-3-8-14)16-21(19,20)12-6-1-5-11-10(12)4-2-9-15-11/h1-2,4-6,9,16H,3,7-8H2,(H,17,18). The smallest absolute Gasteiger partial charge is 0.324 e. The van der Waals surface area contributed by atoms with Gasteiger partial charge in [-0.25, -0.2) is 8.42 Å². The number of aromatic nitrogens is 1. The number of aliphatic carboxylic acids is 1. The summed E-state index contributed by atoms with van der Waals surface area (Å²) in [5.41, 5.74) is -0.818. The lowest BCUT2D eigenvalue weighted by Gasteiger charge is -2.37. The first-order valence-corrected chi connectivity index (χ1v) is 8.04. The molecule has 1 aliphatic carbocycles. The molecule has 1 aromatic carbocycles. The summed E-state index contributed by atoms with van der Waals surface area (Å²) in [5, 5.41) is 9.75. The predicted molar refractivity (Wildman–Crippen MR) is 76.3 cm³/mol. The van der Waals surface area contributed by atoms with E-state index in [0.717, 1.165) is 0 Å². The van der Waals surface area contributed by atoms with Crippen LogP contribution in [0.5, 0.6) is 0 Å². The van der Waals surface area contributed by atoms with Gasteiger partial charge in [-0.2, -0.15) is 4.72 Å². The molecule has 0 spiro atoms. The van der Waals surface area contributed by atoms with Gasteiger partial charge < -0.3 is 5.11 Å². The molecular formula is C14H14N2O4S. The number of pyridine rings is 1. The van der Waals surface area contributed by atoms with Crippen molar-refractivity contribution < 1.29 is 18.3 Å². The number of benzene rings is 1. The third-order valence-corrected chi connectivity index (χ3v) is 5.44. The largest absolute Gasteiger partial charge is 0.480 e. The number of nitrogens with one attached hydrogen (secondary N) is 1. The van der Waals surface area contributed by atoms with Crippen LogP contribution in [0.1, 0.15) is 19.3 Å². The predicted octanol–water partition coefficient (Wildman–Crippen LogP) is 1.52. The number of sulfonamides is 1. The lowest BCUT2D eigenvalue weighted by Crippen LogP contribution is -2.58. The van der Waals surface area contributed by atoms with Crippen LogP contribution in [-0.2, 0) is 14.8 Å². The van der Waals surface area contributed by atoms with E-state index in [1.165, 1.54) is 6.07 Å². The van der Waals surface area contributed by atoms with E-state index in [0.29, 0.717) is 30.2 Å². The molecular weight excluding hydrogens is 292 g/mol. The van der Waals surface area contributed by atoms with Gasteiger partial charge in [0.25, 0.3) is 0 Å². The van der Waals surface area contributed by atoms with Gasteiger partial charge in [0.2, 0.25) is 10.0 Å². The average molecular weight is 306 g/mol. The molecule has 0 radical (unpaired) electrons. The first-order valence-electron chi connectivity index (χ1n) is 6.56. The first-order chi connectivity index (χ1) is 9.95. The van der Waals surface area contributed by atoms with Gasteiger partial charge in [0.05, 0.1) is 10.4 Å². The van der Waals surface area contributed by atoms with Gasteiger partial charge in [0, 0.05) is 11.6 Å². The van der Waals surface area contributed by atoms with E-state index in [9.17, 15) is 18.3 Å². The quantitative estimate of drug-likeness (QED) is 0.892. The molecule has 0 aliphatic heterocycles. The van der Waals surface area contributed by atoms with Crippen LogP contribution in [0.3, 0.4) is 0 Å². The Morgan fingerprint density at radius 2 is 2.00 bits per heavy atom. The summed E-state index contributed by atoms with van der Waals surface area (Å²) in [6, 6.07) is 8.08. The molecule has 1 heterocycles. The second-order valence-corrected chi connectivity index (χ2v) is 6.82. The summed E-state index contributed by atoms with van der Waals surface area (Å²) in [5.74, 6) is -1.13. The van der Waals surface area contributed by atoms with E-state index in [-0.39, 0.29) is 4.90 Å². The van der Waals surface area contributed by atoms with E-state index in [4.69, 9.17) is 0 Å². The molecule has 6 nitrogen and oxygen atoms in total. The fraction of sp³-hybridized carbons (Fsp3) is 0.286. The van der Waals surface area contributed by atoms with Crippen LogP contribution in [-0.4, -0.2) is 30.0 Å². The molecule has 110 valence electrons. The maximum Gasteiger partial charge on any atom is 0.324 e. The van der Waals surface area contributed by atoms with Crippen molar-refractivity contribution in [2.24, 2.45) is 0 Å². The minimum Gasteiger partial charge on any atom is -0.480 e. The Bertz CT molecular complexity index is 807. The van der Waals surface area contributed by atoms with Crippen LogP contribution in [0.2, 0.25) is 0 Å². The lowest BCUT2D eigenvalue weighted by atomic mass is 9.78. The van der Waals surface area contributed by atoms with Crippen molar-refractivity contribution in [2.45, 2.75) is 29.7 Å². The maximum absolute atomic E-state index is 12.6. The third kappa shape index (κ3) is 2.28. The zero-order chi connectivity index (χ0) is 15.1. The number of hydrogen-bond acceptors (Lipinski definition) is 4. The number of hydrogen-bond donors (Lipinski definition) is 2. The summed E-state index contributed by atoms with van der Waals surface area (Å²) >= 11 is 0. The molecule has 7 heteroatoms. The average Bonchev–Trinajstić information content (AvgIpc) is 2.42. The molecule has 0 atom stereocenters. The molecule has 2 N–H and O–H groups in total. The van der Waals surface area contributed by atoms with Gasteiger partial charge in [-0.3, -0.25) is 9.78 Å². The Morgan fingerprint density at radius 1 is 1.24 bits per heavy atom. The van der Waals surface area contributed by atoms with E-state index in [1.54, 1.807) is 30.5 Å². The summed E-state index contributed by atoms with van der Waals surface area (Å²) < 4.78 is 27.5. The topological polar surface area (TPSA) is 96.4 Å². The zero-order valence-corrected chi connectivity index (χ0v) is 11.9. The van der Waals surface area contributed by atoms with Crippen LogP contribution in [0, 0.1) is 0 Å². The van der Waals surface area contributed by atoms with Crippen molar-refractivity contribution in [3.05, 3.63) is 36.5 Å². The number of fused-ring (bicyclic) bond motifs is 1. The van der Waals surface area contributed by atoms with Crippen molar-refractivity contribution in [1.82, 2.24) is 9.71 Å². The molecule has 0 amide bonds. The molecule has 0 saturated heterocycles. The molecule has 1 fully saturated rings. The SMILES string of the molecule is O=C(O)C1(NS(=O)(=O)c2cccc3ncccc23)CCC1. The van der Waals surface area contributed by atoms with E-state index >= 15 is 0 Å². The summed E-state index contributed by atoms with van der Waals surface area (Å²) in [6.07, 6.45) is 2.90. The molecule has 0 unspecified atom stereocenters. The molecule has 0 bridgehead atoms. The highest BCUT2D eigenvalue weighted by molar-refractivity contribution is 7.89. The number of nitrogens with zero attached hydrogens (tertiary/aromatic N) is 1. The van der Waals surface area contributed by atoms with Gasteiger partial charge in [0.1, 0.15) is 5.54 Å². The maximum atomic E-state index is 12.6. The Balaban J connectivity index is 2.07. The highest BCUT2D eigenvalue weighted by Gasteiger charge is 2.47. The molecule has 21 heavy (non-hydrogen) atoms. The summed E-state index contributed by atoms with van der Waals surface area (Å²) in [7, 11) is -3.92. The fourth-order valence-corrected chi connectivity index (χ4v) is 4.15. The Kier molecular flexibility index (Phi) is 3.18. The highest BCUT2D eigenvalue weighted by Crippen LogP contribution is 2.34. The van der Waals surface area contributed by atoms with Gasteiger partial charge >= 0.3 is 5.97 Å². The normalized spacial score (nSPS) is 17.3. The number of carboxylic acids is 1. The van der Waals surface area contributed by atoms with E-state index in [1.807, 2.05) is 0 Å². The minimum absolute atomic E-state index is 0.0561. The van der Waals surface area contributed by atoms with Crippen molar-refractivity contribution in [2.75, 3.05) is 0 Å². The second kappa shape index (κ2) is 4.78. The molecule has 3 rings (SSSR count). The fourth-order valence-electron chi connectivity index (χ4n) is 2.51. The Morgan fingerprint density at radius 3 is 2.62 bits per heavy atom. The van der Waals surface area contributed by atoms with Crippen molar-refractivity contribution in [3.63, 3.8) is 0 Å². The number of carbonyl (C=O) groups is 1. The number of rotatable bonds is 4. The first kappa shape index (κ1) is 14.0. The lowest BCUT2D eigenvalue weighted by molar-refractivity contribution is -0.147. The van der Waals surface area contributed by atoms with Gasteiger partial charge in [-0.1, -0.05) is 6.07 Å². The van der Waals surface area contributed by atoms with E-state index < -0.39 is 21.5 Å². The minimum atomic E-state index is -3.92. The molecule has 1 aliphatic rings. The van der Waals surface area contributed by atoms with Crippen LogP contribution in [0.4, 0.5) is 0 Å². The van der Waals surface area contributed by atoms with E-state index in [2.05, 4.69) is 9.71 Å². The van der Waals surface area contributed by atoms with Crippen LogP contribution >= 0.6 is 0 Å². The van der Waals surface area contributed by atoms with Crippen LogP contribution in [0.15, 0.2) is 41.4 Å². The van der Waals surface area contributed by atoms with Crippen LogP contribution < -0.4 is 4.72 Å². The van der Waals surface area contributed by atoms with Gasteiger partial charge in [-0.05, 0) is 43.5 Å². The molecule has 1 aromatic heterocycles. The number of carboxylic acid groups (broad SMARTS) is 1. The van der Waals surface area contributed by atoms with Gasteiger partial charge in [0.15, 0.2) is 0 Å². The second-order valence-electron chi connectivity index (χ2n) is 5.17. The molecule has 2 aromatic rings. The van der Waals surface area contributed by atoms with Crippen molar-refractivity contribution in [3.8, 4) is 0 Å². The van der Waals surface area contributed by atoms with Crippen molar-refractivity contribution >= 4 is 26.9 Å². The summed E-state index contributed by atoms with van der Waals surface area (Å²) in [6.45, 7) is 0. The monoisotopic (exact) mass is 306 g/mol. The van der Waals surface area contributed by atoms with Crippen LogP contribution in [0.25, 0.3) is 10.9 Å². The zero-order valence-electron chi connectivity index (χ0n) is 11.1. The van der Waals surface area contributed by atoms with Crippen molar-refractivity contribution in [1.29, 1.82) is 0 Å². The Labute approximate surface area is 121 Å². The highest BCUT2D eigenvalue weighted by atomic mass is 32.2. The Hall–Kier alpha value is -1.99. The van der Waals surface area contributed by atoms with Gasteiger partial charge in [-0.15, -0.1) is 0 Å².